The van der Waals surface area contributed by atoms with E-state index >= 15 is 0 Å². The van der Waals surface area contributed by atoms with Gasteiger partial charge in [-0.3, -0.25) is 9.78 Å². The lowest BCUT2D eigenvalue weighted by atomic mass is 10.0. The molecule has 8 heteroatoms. The number of ketones is 1. The van der Waals surface area contributed by atoms with Crippen molar-refractivity contribution < 1.29 is 18.0 Å². The maximum absolute atomic E-state index is 12.9. The number of benzene rings is 1. The number of aromatic nitrogens is 4. The Morgan fingerprint density at radius 3 is 2.73 bits per heavy atom. The van der Waals surface area contributed by atoms with Crippen LogP contribution in [0, 0.1) is 11.8 Å². The van der Waals surface area contributed by atoms with Crippen molar-refractivity contribution in [2.45, 2.75) is 12.6 Å². The summed E-state index contributed by atoms with van der Waals surface area (Å²) in [6, 6.07) is 9.85. The molecule has 0 saturated carbocycles. The number of hydrogen-bond acceptors (Lipinski definition) is 4. The lowest BCUT2D eigenvalue weighted by molar-refractivity contribution is -0.137. The van der Waals surface area contributed by atoms with E-state index in [2.05, 4.69) is 26.9 Å². The second-order valence-electron chi connectivity index (χ2n) is 6.45. The van der Waals surface area contributed by atoms with Crippen LogP contribution in [-0.2, 0) is 12.6 Å². The van der Waals surface area contributed by atoms with Gasteiger partial charge >= 0.3 is 6.18 Å². The van der Waals surface area contributed by atoms with E-state index in [1.807, 2.05) is 0 Å². The summed E-state index contributed by atoms with van der Waals surface area (Å²) in [5, 5.41) is 4.17. The molecule has 0 bridgehead atoms. The smallest absolute Gasteiger partial charge is 0.294 e. The number of rotatable bonds is 3. The van der Waals surface area contributed by atoms with Gasteiger partial charge in [0.1, 0.15) is 5.69 Å². The predicted octanol–water partition coefficient (Wildman–Crippen LogP) is 3.97. The van der Waals surface area contributed by atoms with Gasteiger partial charge in [0.25, 0.3) is 0 Å². The highest BCUT2D eigenvalue weighted by Gasteiger charge is 2.30. The zero-order valence-corrected chi connectivity index (χ0v) is 15.4. The van der Waals surface area contributed by atoms with Gasteiger partial charge in [-0.1, -0.05) is 24.1 Å². The summed E-state index contributed by atoms with van der Waals surface area (Å²) in [7, 11) is 0. The van der Waals surface area contributed by atoms with Crippen molar-refractivity contribution in [3.05, 3.63) is 95.2 Å². The van der Waals surface area contributed by atoms with Crippen LogP contribution in [0.2, 0.25) is 0 Å². The molecule has 0 N–H and O–H groups in total. The number of fused-ring (bicyclic) bond motifs is 1. The molecular weight excluding hydrogens is 393 g/mol. The van der Waals surface area contributed by atoms with Crippen molar-refractivity contribution in [3.63, 3.8) is 0 Å². The molecular formula is C22H13F3N4O. The molecule has 0 atom stereocenters. The van der Waals surface area contributed by atoms with E-state index < -0.39 is 11.7 Å². The van der Waals surface area contributed by atoms with E-state index in [9.17, 15) is 18.0 Å². The molecule has 0 radical (unpaired) electrons. The fraction of sp³-hybridized carbons (Fsp3) is 0.0909. The van der Waals surface area contributed by atoms with Crippen LogP contribution in [0.5, 0.6) is 0 Å². The molecule has 0 aliphatic heterocycles. The average Bonchev–Trinajstić information content (AvgIpc) is 3.15. The summed E-state index contributed by atoms with van der Waals surface area (Å²) < 4.78 is 40.2. The lowest BCUT2D eigenvalue weighted by Gasteiger charge is -2.08. The maximum Gasteiger partial charge on any atom is 0.416 e. The Hall–Kier alpha value is -3.99. The molecule has 1 aromatic carbocycles. The van der Waals surface area contributed by atoms with Gasteiger partial charge < -0.3 is 0 Å². The first kappa shape index (κ1) is 19.3. The minimum absolute atomic E-state index is 0.167. The number of Topliss-reactive ketones (excluding diaryl/α,β-unsaturated/α-hetero) is 1. The van der Waals surface area contributed by atoms with E-state index in [4.69, 9.17) is 0 Å². The zero-order valence-electron chi connectivity index (χ0n) is 15.4. The van der Waals surface area contributed by atoms with Crippen LogP contribution < -0.4 is 0 Å². The van der Waals surface area contributed by atoms with Crippen molar-refractivity contribution in [1.29, 1.82) is 0 Å². The van der Waals surface area contributed by atoms with Crippen LogP contribution in [0.4, 0.5) is 13.2 Å². The average molecular weight is 406 g/mol. The van der Waals surface area contributed by atoms with E-state index in [1.54, 1.807) is 35.1 Å². The normalized spacial score (nSPS) is 11.2. The van der Waals surface area contributed by atoms with Gasteiger partial charge in [0.15, 0.2) is 11.4 Å². The molecule has 148 valence electrons. The molecule has 4 aromatic rings. The van der Waals surface area contributed by atoms with Gasteiger partial charge in [0, 0.05) is 36.1 Å². The Morgan fingerprint density at radius 2 is 1.90 bits per heavy atom. The third kappa shape index (κ3) is 4.20. The van der Waals surface area contributed by atoms with Crippen molar-refractivity contribution in [2.75, 3.05) is 0 Å². The number of imidazole rings is 1. The number of nitrogens with zero attached hydrogens (tertiary/aromatic N) is 4. The van der Waals surface area contributed by atoms with Gasteiger partial charge in [-0.2, -0.15) is 18.3 Å². The first-order valence-electron chi connectivity index (χ1n) is 8.85. The van der Waals surface area contributed by atoms with Crippen LogP contribution in [0.3, 0.4) is 0 Å². The number of alkyl halides is 3. The Labute approximate surface area is 169 Å². The summed E-state index contributed by atoms with van der Waals surface area (Å²) in [6.45, 7) is 0. The van der Waals surface area contributed by atoms with Gasteiger partial charge in [-0.05, 0) is 35.7 Å². The highest BCUT2D eigenvalue weighted by molar-refractivity contribution is 5.97. The van der Waals surface area contributed by atoms with Crippen LogP contribution in [-0.4, -0.2) is 25.4 Å². The third-order valence-corrected chi connectivity index (χ3v) is 4.29. The minimum Gasteiger partial charge on any atom is -0.294 e. The second kappa shape index (κ2) is 7.79. The van der Waals surface area contributed by atoms with Crippen molar-refractivity contribution in [2.24, 2.45) is 0 Å². The molecule has 0 fully saturated rings. The highest BCUT2D eigenvalue weighted by atomic mass is 19.4. The Kier molecular flexibility index (Phi) is 5.02. The zero-order chi connectivity index (χ0) is 21.1. The molecule has 0 amide bonds. The summed E-state index contributed by atoms with van der Waals surface area (Å²) in [5.74, 6) is 5.50. The SMILES string of the molecule is O=C(Cc1cccc(C(F)(F)F)c1)c1cncc(C#Cc2cnc3cccnn23)c1. The number of hydrogen-bond donors (Lipinski definition) is 0. The number of halogens is 3. The lowest BCUT2D eigenvalue weighted by Crippen LogP contribution is -2.08. The Morgan fingerprint density at radius 1 is 1.03 bits per heavy atom. The topological polar surface area (TPSA) is 60.2 Å². The van der Waals surface area contributed by atoms with Crippen LogP contribution >= 0.6 is 0 Å². The summed E-state index contributed by atoms with van der Waals surface area (Å²) >= 11 is 0. The van der Waals surface area contributed by atoms with Crippen molar-refractivity contribution in [1.82, 2.24) is 19.6 Å². The first-order valence-corrected chi connectivity index (χ1v) is 8.85. The number of carbonyl (C=O) groups excluding carboxylic acids is 1. The third-order valence-electron chi connectivity index (χ3n) is 4.29. The minimum atomic E-state index is -4.46. The highest BCUT2D eigenvalue weighted by Crippen LogP contribution is 2.29. The fourth-order valence-electron chi connectivity index (χ4n) is 2.86. The molecule has 3 aromatic heterocycles. The fourth-order valence-corrected chi connectivity index (χ4v) is 2.86. The summed E-state index contributed by atoms with van der Waals surface area (Å²) in [4.78, 5) is 20.8. The number of carbonyl (C=O) groups is 1. The van der Waals surface area contributed by atoms with Crippen LogP contribution in [0.15, 0.2) is 67.3 Å². The van der Waals surface area contributed by atoms with E-state index in [0.717, 1.165) is 12.1 Å². The van der Waals surface area contributed by atoms with Crippen LogP contribution in [0.1, 0.15) is 32.7 Å². The van der Waals surface area contributed by atoms with Gasteiger partial charge in [0.2, 0.25) is 0 Å². The van der Waals surface area contributed by atoms with Crippen molar-refractivity contribution in [3.8, 4) is 11.8 Å². The summed E-state index contributed by atoms with van der Waals surface area (Å²) in [5.41, 5.74) is 1.50. The first-order chi connectivity index (χ1) is 14.4. The molecule has 0 spiro atoms. The predicted molar refractivity (Wildman–Crippen MR) is 103 cm³/mol. The molecule has 3 heterocycles. The van der Waals surface area contributed by atoms with Gasteiger partial charge in [-0.25, -0.2) is 9.50 Å². The van der Waals surface area contributed by atoms with E-state index in [1.165, 1.54) is 24.5 Å². The van der Waals surface area contributed by atoms with E-state index in [-0.39, 0.29) is 23.3 Å². The second-order valence-corrected chi connectivity index (χ2v) is 6.45. The van der Waals surface area contributed by atoms with E-state index in [0.29, 0.717) is 16.9 Å². The Bertz CT molecular complexity index is 1300. The van der Waals surface area contributed by atoms with Gasteiger partial charge in [-0.15, -0.1) is 0 Å². The molecule has 0 aliphatic carbocycles. The molecule has 4 rings (SSSR count). The number of pyridine rings is 1. The maximum atomic E-state index is 12.9. The monoisotopic (exact) mass is 406 g/mol. The van der Waals surface area contributed by atoms with Crippen LogP contribution in [0.25, 0.3) is 5.65 Å². The van der Waals surface area contributed by atoms with Gasteiger partial charge in [0.05, 0.1) is 11.8 Å². The largest absolute Gasteiger partial charge is 0.416 e. The standard InChI is InChI=1S/C22H13F3N4O/c23-22(24,25)18-4-1-3-15(10-18)11-20(30)17-9-16(12-26-13-17)6-7-19-14-27-21-5-2-8-28-29(19)21/h1-5,8-10,12-14H,11H2. The summed E-state index contributed by atoms with van der Waals surface area (Å²) in [6.07, 6.45) is 1.46. The molecule has 5 nitrogen and oxygen atoms in total. The van der Waals surface area contributed by atoms with Crippen molar-refractivity contribution >= 4 is 11.4 Å². The molecule has 0 unspecified atom stereocenters. The molecule has 0 aliphatic rings. The Balaban J connectivity index is 1.55. The molecule has 0 saturated heterocycles. The molecule has 30 heavy (non-hydrogen) atoms. The quantitative estimate of drug-likeness (QED) is 0.382.